The lowest BCUT2D eigenvalue weighted by atomic mass is 10.0. The summed E-state index contributed by atoms with van der Waals surface area (Å²) in [6.07, 6.45) is 0. The fraction of sp³-hybridized carbons (Fsp3) is 0. The van der Waals surface area contributed by atoms with Crippen LogP contribution in [-0.2, 0) is 0 Å². The van der Waals surface area contributed by atoms with Crippen LogP contribution in [0.5, 0.6) is 0 Å². The fourth-order valence-electron chi connectivity index (χ4n) is 7.87. The van der Waals surface area contributed by atoms with E-state index in [2.05, 4.69) is 54.6 Å². The van der Waals surface area contributed by atoms with Gasteiger partial charge in [0.1, 0.15) is 28.0 Å². The van der Waals surface area contributed by atoms with Crippen LogP contribution < -0.4 is 0 Å². The molecule has 5 aromatic heterocycles. The van der Waals surface area contributed by atoms with Crippen molar-refractivity contribution in [3.63, 3.8) is 0 Å². The Labute approximate surface area is 328 Å². The van der Waals surface area contributed by atoms with Gasteiger partial charge in [-0.15, -0.1) is 11.3 Å². The van der Waals surface area contributed by atoms with E-state index in [-0.39, 0.29) is 0 Å². The zero-order valence-corrected chi connectivity index (χ0v) is 30.9. The maximum absolute atomic E-state index is 6.46. The summed E-state index contributed by atoms with van der Waals surface area (Å²) in [6, 6.07) is 55.3. The molecule has 0 aliphatic heterocycles. The number of thiophene rings is 1. The summed E-state index contributed by atoms with van der Waals surface area (Å²) in [4.78, 5) is 25.5. The number of benzene rings is 7. The van der Waals surface area contributed by atoms with Crippen LogP contribution >= 0.6 is 11.3 Å². The van der Waals surface area contributed by atoms with Gasteiger partial charge in [0.05, 0.1) is 0 Å². The van der Waals surface area contributed by atoms with Crippen molar-refractivity contribution in [1.29, 1.82) is 0 Å². The Bertz CT molecular complexity index is 3540. The molecule has 0 N–H and O–H groups in total. The summed E-state index contributed by atoms with van der Waals surface area (Å²) in [5.41, 5.74) is 9.33. The predicted molar refractivity (Wildman–Crippen MR) is 230 cm³/mol. The van der Waals surface area contributed by atoms with Gasteiger partial charge in [0.15, 0.2) is 28.9 Å². The number of furan rings is 2. The molecular formula is C49H27N5O2S. The van der Waals surface area contributed by atoms with Crippen molar-refractivity contribution in [3.8, 4) is 56.8 Å². The van der Waals surface area contributed by atoms with E-state index in [9.17, 15) is 0 Å². The van der Waals surface area contributed by atoms with Gasteiger partial charge >= 0.3 is 0 Å². The third kappa shape index (κ3) is 5.15. The molecule has 57 heavy (non-hydrogen) atoms. The van der Waals surface area contributed by atoms with E-state index in [1.54, 1.807) is 11.3 Å². The minimum Gasteiger partial charge on any atom is -0.456 e. The highest BCUT2D eigenvalue weighted by molar-refractivity contribution is 7.26. The number of para-hydroxylation sites is 2. The number of rotatable bonds is 5. The molecule has 0 aliphatic rings. The SMILES string of the molecule is c1ccc(-c2nc(-c3ccc4oc5ccccc5c4c3)nc(-c3cccc4sc5cc(-c6nc(-c7ccccc7)nc7c6oc6ccccc67)ccc5c34)n2)cc1. The van der Waals surface area contributed by atoms with E-state index in [0.717, 1.165) is 92.1 Å². The van der Waals surface area contributed by atoms with Crippen molar-refractivity contribution in [2.75, 3.05) is 0 Å². The second-order valence-electron chi connectivity index (χ2n) is 14.0. The van der Waals surface area contributed by atoms with Crippen LogP contribution in [0.25, 0.3) is 121 Å². The summed E-state index contributed by atoms with van der Waals surface area (Å²) >= 11 is 1.74. The highest BCUT2D eigenvalue weighted by Gasteiger charge is 2.21. The van der Waals surface area contributed by atoms with Crippen LogP contribution in [-0.4, -0.2) is 24.9 Å². The first-order valence-electron chi connectivity index (χ1n) is 18.7. The Morgan fingerprint density at radius 2 is 1.00 bits per heavy atom. The molecule has 0 radical (unpaired) electrons. The normalized spacial score (nSPS) is 11.9. The number of hydrogen-bond acceptors (Lipinski definition) is 8. The Morgan fingerprint density at radius 1 is 0.368 bits per heavy atom. The van der Waals surface area contributed by atoms with Gasteiger partial charge in [-0.25, -0.2) is 24.9 Å². The Kier molecular flexibility index (Phi) is 6.96. The van der Waals surface area contributed by atoms with Gasteiger partial charge in [0, 0.05) is 64.1 Å². The van der Waals surface area contributed by atoms with E-state index in [1.165, 1.54) is 0 Å². The highest BCUT2D eigenvalue weighted by Crippen LogP contribution is 2.43. The van der Waals surface area contributed by atoms with Gasteiger partial charge < -0.3 is 8.83 Å². The molecule has 12 rings (SSSR count). The van der Waals surface area contributed by atoms with Crippen LogP contribution in [0.4, 0.5) is 0 Å². The molecule has 0 bridgehead atoms. The second-order valence-corrected chi connectivity index (χ2v) is 15.1. The van der Waals surface area contributed by atoms with E-state index >= 15 is 0 Å². The molecule has 0 amide bonds. The second kappa shape index (κ2) is 12.5. The Morgan fingerprint density at radius 3 is 1.79 bits per heavy atom. The van der Waals surface area contributed by atoms with Gasteiger partial charge in [-0.1, -0.05) is 115 Å². The Hall–Kier alpha value is -7.55. The minimum absolute atomic E-state index is 0.595. The maximum atomic E-state index is 6.46. The minimum atomic E-state index is 0.595. The zero-order valence-electron chi connectivity index (χ0n) is 30.0. The van der Waals surface area contributed by atoms with E-state index in [0.29, 0.717) is 28.9 Å². The average molecular weight is 750 g/mol. The standard InChI is InChI=1S/C49H27N5O2S/c1-3-12-28(13-4-1)46-50-43(45-44(51-46)33-17-8-10-20-38(33)56-45)30-22-24-34-41(27-30)57-40-21-11-18-35(42(34)40)49-53-47(29-14-5-2-6-15-29)52-48(54-49)31-23-25-39-36(26-31)32-16-7-9-19-37(32)55-39/h1-27H. The first kappa shape index (κ1) is 31.8. The molecule has 5 heterocycles. The highest BCUT2D eigenvalue weighted by atomic mass is 32.1. The Balaban J connectivity index is 1.04. The predicted octanol–water partition coefficient (Wildman–Crippen LogP) is 13.2. The monoisotopic (exact) mass is 749 g/mol. The smallest absolute Gasteiger partial charge is 0.180 e. The molecule has 0 spiro atoms. The fourth-order valence-corrected chi connectivity index (χ4v) is 9.04. The van der Waals surface area contributed by atoms with Crippen molar-refractivity contribution in [3.05, 3.63) is 164 Å². The quantitative estimate of drug-likeness (QED) is 0.173. The van der Waals surface area contributed by atoms with Gasteiger partial charge in [0.2, 0.25) is 0 Å². The number of nitrogens with zero attached hydrogens (tertiary/aromatic N) is 5. The first-order valence-corrected chi connectivity index (χ1v) is 19.5. The van der Waals surface area contributed by atoms with Crippen molar-refractivity contribution in [1.82, 2.24) is 24.9 Å². The summed E-state index contributed by atoms with van der Waals surface area (Å²) < 4.78 is 14.9. The summed E-state index contributed by atoms with van der Waals surface area (Å²) in [7, 11) is 0. The molecule has 0 aliphatic carbocycles. The van der Waals surface area contributed by atoms with Gasteiger partial charge in [-0.3, -0.25) is 0 Å². The molecular weight excluding hydrogens is 723 g/mol. The van der Waals surface area contributed by atoms with Crippen LogP contribution in [0.3, 0.4) is 0 Å². The van der Waals surface area contributed by atoms with E-state index < -0.39 is 0 Å². The lowest BCUT2D eigenvalue weighted by Crippen LogP contribution is -2.00. The summed E-state index contributed by atoms with van der Waals surface area (Å²) in [5.74, 6) is 2.47. The zero-order chi connectivity index (χ0) is 37.5. The summed E-state index contributed by atoms with van der Waals surface area (Å²) in [6.45, 7) is 0. The van der Waals surface area contributed by atoms with Crippen LogP contribution in [0.2, 0.25) is 0 Å². The van der Waals surface area contributed by atoms with Gasteiger partial charge in [-0.05, 0) is 48.5 Å². The molecule has 7 nitrogen and oxygen atoms in total. The number of fused-ring (bicyclic) bond motifs is 9. The third-order valence-electron chi connectivity index (χ3n) is 10.6. The number of aromatic nitrogens is 5. The molecule has 0 unspecified atom stereocenters. The lowest BCUT2D eigenvalue weighted by molar-refractivity contribution is 0.667. The molecule has 0 saturated carbocycles. The van der Waals surface area contributed by atoms with Crippen molar-refractivity contribution < 1.29 is 8.83 Å². The van der Waals surface area contributed by atoms with Crippen molar-refractivity contribution in [2.24, 2.45) is 0 Å². The van der Waals surface area contributed by atoms with Crippen LogP contribution in [0, 0.1) is 0 Å². The van der Waals surface area contributed by atoms with Gasteiger partial charge in [-0.2, -0.15) is 0 Å². The average Bonchev–Trinajstić information content (AvgIpc) is 3.97. The van der Waals surface area contributed by atoms with Crippen molar-refractivity contribution >= 4 is 75.5 Å². The van der Waals surface area contributed by atoms with E-state index in [1.807, 2.05) is 109 Å². The molecule has 0 saturated heterocycles. The van der Waals surface area contributed by atoms with Crippen LogP contribution in [0.1, 0.15) is 0 Å². The largest absolute Gasteiger partial charge is 0.456 e. The topological polar surface area (TPSA) is 90.7 Å². The molecule has 0 atom stereocenters. The molecule has 12 aromatic rings. The molecule has 0 fully saturated rings. The van der Waals surface area contributed by atoms with Crippen LogP contribution in [0.15, 0.2) is 173 Å². The number of hydrogen-bond donors (Lipinski definition) is 0. The molecule has 8 heteroatoms. The maximum Gasteiger partial charge on any atom is 0.180 e. The molecule has 266 valence electrons. The molecule has 7 aromatic carbocycles. The lowest BCUT2D eigenvalue weighted by Gasteiger charge is -2.10. The first-order chi connectivity index (χ1) is 28.2. The van der Waals surface area contributed by atoms with E-state index in [4.69, 9.17) is 33.8 Å². The summed E-state index contributed by atoms with van der Waals surface area (Å²) in [5, 5.41) is 5.25. The van der Waals surface area contributed by atoms with Gasteiger partial charge in [0.25, 0.3) is 0 Å². The third-order valence-corrected chi connectivity index (χ3v) is 11.7. The van der Waals surface area contributed by atoms with Crippen molar-refractivity contribution in [2.45, 2.75) is 0 Å².